The Morgan fingerprint density at radius 2 is 1.76 bits per heavy atom. The zero-order valence-corrected chi connectivity index (χ0v) is 14.7. The third-order valence-corrected chi connectivity index (χ3v) is 4.50. The van der Waals surface area contributed by atoms with E-state index in [9.17, 15) is 4.79 Å². The smallest absolute Gasteiger partial charge is 0.257 e. The van der Waals surface area contributed by atoms with Crippen LogP contribution in [0.2, 0.25) is 0 Å². The van der Waals surface area contributed by atoms with Gasteiger partial charge in [0.05, 0.1) is 12.7 Å². The van der Waals surface area contributed by atoms with Gasteiger partial charge < -0.3 is 25.6 Å². The summed E-state index contributed by atoms with van der Waals surface area (Å²) in [5, 5.41) is 2.89. The lowest BCUT2D eigenvalue weighted by Gasteiger charge is -2.34. The molecule has 3 N–H and O–H groups in total. The number of likely N-dealkylation sites (N-methyl/N-ethyl adjacent to an activating group) is 1. The number of hydrogen-bond acceptors (Lipinski definition) is 5. The van der Waals surface area contributed by atoms with Crippen LogP contribution in [0, 0.1) is 0 Å². The number of ether oxygens (including phenoxy) is 1. The van der Waals surface area contributed by atoms with E-state index in [1.165, 1.54) is 5.69 Å². The van der Waals surface area contributed by atoms with Crippen molar-refractivity contribution in [2.24, 2.45) is 0 Å². The summed E-state index contributed by atoms with van der Waals surface area (Å²) >= 11 is 0. The van der Waals surface area contributed by atoms with Crippen LogP contribution in [0.4, 0.5) is 17.1 Å². The molecule has 3 rings (SSSR count). The zero-order chi connectivity index (χ0) is 17.8. The third-order valence-electron chi connectivity index (χ3n) is 4.50. The van der Waals surface area contributed by atoms with E-state index >= 15 is 0 Å². The third kappa shape index (κ3) is 4.03. The first-order valence-electron chi connectivity index (χ1n) is 8.35. The van der Waals surface area contributed by atoms with Gasteiger partial charge in [-0.2, -0.15) is 0 Å². The zero-order valence-electron chi connectivity index (χ0n) is 14.7. The number of hydrogen-bond donors (Lipinski definition) is 2. The molecule has 0 spiro atoms. The Balaban J connectivity index is 1.66. The van der Waals surface area contributed by atoms with Crippen molar-refractivity contribution in [2.45, 2.75) is 0 Å². The summed E-state index contributed by atoms with van der Waals surface area (Å²) in [6, 6.07) is 13.0. The molecule has 132 valence electrons. The number of carbonyl (C=O) groups excluding carboxylic acids is 1. The van der Waals surface area contributed by atoms with Crippen molar-refractivity contribution in [1.29, 1.82) is 0 Å². The molecule has 1 fully saturated rings. The van der Waals surface area contributed by atoms with Crippen LogP contribution in [0.25, 0.3) is 0 Å². The molecule has 1 aliphatic heterocycles. The Morgan fingerprint density at radius 1 is 1.08 bits per heavy atom. The van der Waals surface area contributed by atoms with Crippen molar-refractivity contribution < 1.29 is 9.53 Å². The number of carbonyl (C=O) groups is 1. The second-order valence-electron chi connectivity index (χ2n) is 6.24. The molecule has 1 amide bonds. The van der Waals surface area contributed by atoms with Crippen molar-refractivity contribution in [1.82, 2.24) is 4.90 Å². The molecule has 1 heterocycles. The number of nitrogens with two attached hydrogens (primary N) is 1. The van der Waals surface area contributed by atoms with E-state index in [-0.39, 0.29) is 5.91 Å². The maximum atomic E-state index is 12.4. The number of nitrogens with one attached hydrogen (secondary N) is 1. The maximum Gasteiger partial charge on any atom is 0.257 e. The lowest BCUT2D eigenvalue weighted by atomic mass is 10.1. The molecule has 6 nitrogen and oxygen atoms in total. The van der Waals surface area contributed by atoms with Gasteiger partial charge in [0.15, 0.2) is 0 Å². The van der Waals surface area contributed by atoms with Gasteiger partial charge in [0.25, 0.3) is 5.91 Å². The summed E-state index contributed by atoms with van der Waals surface area (Å²) in [5.74, 6) is 0.401. The van der Waals surface area contributed by atoms with Crippen LogP contribution >= 0.6 is 0 Å². The maximum absolute atomic E-state index is 12.4. The fourth-order valence-corrected chi connectivity index (χ4v) is 2.89. The van der Waals surface area contributed by atoms with Crippen LogP contribution in [-0.2, 0) is 0 Å². The quantitative estimate of drug-likeness (QED) is 0.836. The van der Waals surface area contributed by atoms with Crippen LogP contribution < -0.4 is 20.7 Å². The second kappa shape index (κ2) is 7.44. The molecule has 1 aliphatic rings. The van der Waals surface area contributed by atoms with Crippen LogP contribution in [0.15, 0.2) is 42.5 Å². The van der Waals surface area contributed by atoms with E-state index in [1.807, 2.05) is 24.3 Å². The fraction of sp³-hybridized carbons (Fsp3) is 0.316. The lowest BCUT2D eigenvalue weighted by molar-refractivity contribution is 0.102. The fourth-order valence-electron chi connectivity index (χ4n) is 2.89. The SMILES string of the molecule is COc1ccc(C(=O)Nc2ccc(N3CCN(C)CC3)cc2)c(N)c1. The molecular weight excluding hydrogens is 316 g/mol. The standard InChI is InChI=1S/C19H24N4O2/c1-22-9-11-23(12-10-22)15-5-3-14(4-6-15)21-19(24)17-8-7-16(25-2)13-18(17)20/h3-8,13H,9-12,20H2,1-2H3,(H,21,24). The van der Waals surface area contributed by atoms with Gasteiger partial charge in [-0.1, -0.05) is 0 Å². The van der Waals surface area contributed by atoms with Gasteiger partial charge in [-0.25, -0.2) is 0 Å². The van der Waals surface area contributed by atoms with E-state index in [2.05, 4.69) is 22.2 Å². The minimum Gasteiger partial charge on any atom is -0.497 e. The Morgan fingerprint density at radius 3 is 2.36 bits per heavy atom. The molecule has 25 heavy (non-hydrogen) atoms. The van der Waals surface area contributed by atoms with E-state index in [4.69, 9.17) is 10.5 Å². The summed E-state index contributed by atoms with van der Waals surface area (Å²) in [7, 11) is 3.71. The molecule has 0 saturated carbocycles. The summed E-state index contributed by atoms with van der Waals surface area (Å²) in [5.41, 5.74) is 8.69. The van der Waals surface area contributed by atoms with Crippen LogP contribution in [-0.4, -0.2) is 51.1 Å². The number of rotatable bonds is 4. The molecule has 6 heteroatoms. The summed E-state index contributed by atoms with van der Waals surface area (Å²) in [4.78, 5) is 17.1. The van der Waals surface area contributed by atoms with Gasteiger partial charge in [-0.3, -0.25) is 4.79 Å². The highest BCUT2D eigenvalue weighted by Crippen LogP contribution is 2.22. The summed E-state index contributed by atoms with van der Waals surface area (Å²) in [6.07, 6.45) is 0. The van der Waals surface area contributed by atoms with E-state index in [0.717, 1.165) is 31.9 Å². The summed E-state index contributed by atoms with van der Waals surface area (Å²) in [6.45, 7) is 4.17. The van der Waals surface area contributed by atoms with Crippen molar-refractivity contribution in [3.05, 3.63) is 48.0 Å². The highest BCUT2D eigenvalue weighted by molar-refractivity contribution is 6.07. The van der Waals surface area contributed by atoms with Crippen LogP contribution in [0.1, 0.15) is 10.4 Å². The second-order valence-corrected chi connectivity index (χ2v) is 6.24. The average molecular weight is 340 g/mol. The number of amides is 1. The first kappa shape index (κ1) is 17.1. The molecule has 0 atom stereocenters. The average Bonchev–Trinajstić information content (AvgIpc) is 2.63. The minimum atomic E-state index is -0.229. The van der Waals surface area contributed by atoms with Gasteiger partial charge in [0, 0.05) is 49.3 Å². The number of piperazine rings is 1. The Bertz CT molecular complexity index is 738. The monoisotopic (exact) mass is 340 g/mol. The molecule has 0 aliphatic carbocycles. The predicted octanol–water partition coefficient (Wildman–Crippen LogP) is 2.28. The number of benzene rings is 2. The normalized spacial score (nSPS) is 15.0. The largest absolute Gasteiger partial charge is 0.497 e. The van der Waals surface area contributed by atoms with Gasteiger partial charge >= 0.3 is 0 Å². The molecule has 2 aromatic carbocycles. The molecular formula is C19H24N4O2. The van der Waals surface area contributed by atoms with Crippen molar-refractivity contribution in [2.75, 3.05) is 56.3 Å². The van der Waals surface area contributed by atoms with E-state index in [1.54, 1.807) is 25.3 Å². The minimum absolute atomic E-state index is 0.229. The first-order valence-corrected chi connectivity index (χ1v) is 8.35. The molecule has 0 aromatic heterocycles. The molecule has 0 bridgehead atoms. The van der Waals surface area contributed by atoms with Gasteiger partial charge in [0.1, 0.15) is 5.75 Å². The number of anilines is 3. The molecule has 2 aromatic rings. The van der Waals surface area contributed by atoms with Gasteiger partial charge in [-0.15, -0.1) is 0 Å². The van der Waals surface area contributed by atoms with Crippen LogP contribution in [0.3, 0.4) is 0 Å². The van der Waals surface area contributed by atoms with Crippen molar-refractivity contribution >= 4 is 23.0 Å². The lowest BCUT2D eigenvalue weighted by Crippen LogP contribution is -2.44. The Kier molecular flexibility index (Phi) is 5.09. The number of methoxy groups -OCH3 is 1. The highest BCUT2D eigenvalue weighted by atomic mass is 16.5. The van der Waals surface area contributed by atoms with E-state index in [0.29, 0.717) is 17.0 Å². The topological polar surface area (TPSA) is 70.8 Å². The van der Waals surface area contributed by atoms with Crippen molar-refractivity contribution in [3.8, 4) is 5.75 Å². The highest BCUT2D eigenvalue weighted by Gasteiger charge is 2.15. The van der Waals surface area contributed by atoms with Gasteiger partial charge in [-0.05, 0) is 43.4 Å². The van der Waals surface area contributed by atoms with E-state index < -0.39 is 0 Å². The summed E-state index contributed by atoms with van der Waals surface area (Å²) < 4.78 is 5.11. The molecule has 0 unspecified atom stereocenters. The predicted molar refractivity (Wildman–Crippen MR) is 102 cm³/mol. The molecule has 0 radical (unpaired) electrons. The first-order chi connectivity index (χ1) is 12.1. The van der Waals surface area contributed by atoms with Crippen LogP contribution in [0.5, 0.6) is 5.75 Å². The Labute approximate surface area is 148 Å². The van der Waals surface area contributed by atoms with Crippen molar-refractivity contribution in [3.63, 3.8) is 0 Å². The van der Waals surface area contributed by atoms with Gasteiger partial charge in [0.2, 0.25) is 0 Å². The molecule has 1 saturated heterocycles. The number of nitrogen functional groups attached to an aromatic ring is 1. The Hall–Kier alpha value is -2.73. The number of nitrogens with zero attached hydrogens (tertiary/aromatic N) is 2.